The van der Waals surface area contributed by atoms with Crippen LogP contribution in [0.2, 0.25) is 0 Å². The summed E-state index contributed by atoms with van der Waals surface area (Å²) in [5.74, 6) is 5.88. The zero-order valence-corrected chi connectivity index (χ0v) is 13.2. The summed E-state index contributed by atoms with van der Waals surface area (Å²) in [7, 11) is 1.45. The second-order valence-corrected chi connectivity index (χ2v) is 5.31. The number of ether oxygens (including phenoxy) is 1. The normalized spacial score (nSPS) is 10.5. The Morgan fingerprint density at radius 1 is 1.38 bits per heavy atom. The molecule has 1 heterocycles. The minimum absolute atomic E-state index is 0.114. The van der Waals surface area contributed by atoms with Crippen molar-refractivity contribution in [2.45, 2.75) is 13.5 Å². The number of hydrogen-bond donors (Lipinski definition) is 2. The van der Waals surface area contributed by atoms with Crippen LogP contribution in [-0.2, 0) is 6.54 Å². The first-order valence-corrected chi connectivity index (χ1v) is 6.86. The van der Waals surface area contributed by atoms with Crippen molar-refractivity contribution in [1.29, 1.82) is 0 Å². The predicted octanol–water partition coefficient (Wildman–Crippen LogP) is 2.16. The van der Waals surface area contributed by atoms with Gasteiger partial charge in [0.25, 0.3) is 0 Å². The van der Waals surface area contributed by atoms with Gasteiger partial charge in [0, 0.05) is 10.0 Å². The molecule has 21 heavy (non-hydrogen) atoms. The van der Waals surface area contributed by atoms with E-state index in [-0.39, 0.29) is 18.4 Å². The van der Waals surface area contributed by atoms with Crippen LogP contribution < -0.4 is 21.3 Å². The fourth-order valence-corrected chi connectivity index (χ4v) is 2.09. The van der Waals surface area contributed by atoms with Gasteiger partial charge < -0.3 is 10.5 Å². The number of halogens is 2. The molecule has 4 N–H and O–H groups in total. The topological polar surface area (TPSA) is 90.3 Å². The maximum Gasteiger partial charge on any atom is 0.318 e. The van der Waals surface area contributed by atoms with E-state index < -0.39 is 0 Å². The molecule has 0 aliphatic carbocycles. The van der Waals surface area contributed by atoms with Gasteiger partial charge in [0.15, 0.2) is 5.82 Å². The van der Waals surface area contributed by atoms with Crippen LogP contribution in [-0.4, -0.2) is 17.1 Å². The summed E-state index contributed by atoms with van der Waals surface area (Å²) >= 11 is 3.21. The van der Waals surface area contributed by atoms with E-state index in [9.17, 15) is 4.39 Å². The SMILES string of the molecule is COc1nc(C)c(N)c(N(N)Cc2ccc(Br)cc2F)n1. The van der Waals surface area contributed by atoms with Crippen LogP contribution >= 0.6 is 15.9 Å². The number of aryl methyl sites for hydroxylation is 1. The van der Waals surface area contributed by atoms with Gasteiger partial charge in [0.2, 0.25) is 0 Å². The molecule has 0 saturated heterocycles. The van der Waals surface area contributed by atoms with Gasteiger partial charge in [0.05, 0.1) is 25.0 Å². The summed E-state index contributed by atoms with van der Waals surface area (Å²) in [6, 6.07) is 4.91. The van der Waals surface area contributed by atoms with Crippen LogP contribution in [0.3, 0.4) is 0 Å². The van der Waals surface area contributed by atoms with Gasteiger partial charge >= 0.3 is 6.01 Å². The van der Waals surface area contributed by atoms with E-state index >= 15 is 0 Å². The van der Waals surface area contributed by atoms with E-state index in [2.05, 4.69) is 25.9 Å². The lowest BCUT2D eigenvalue weighted by Gasteiger charge is -2.20. The number of aromatic nitrogens is 2. The van der Waals surface area contributed by atoms with Gasteiger partial charge in [-0.25, -0.2) is 10.2 Å². The van der Waals surface area contributed by atoms with Crippen LogP contribution in [0.25, 0.3) is 0 Å². The second-order valence-electron chi connectivity index (χ2n) is 4.40. The molecule has 0 fully saturated rings. The summed E-state index contributed by atoms with van der Waals surface area (Å²) in [4.78, 5) is 8.16. The molecule has 0 aliphatic heterocycles. The Labute approximate surface area is 130 Å². The Morgan fingerprint density at radius 3 is 2.71 bits per heavy atom. The van der Waals surface area contributed by atoms with E-state index in [0.29, 0.717) is 27.2 Å². The van der Waals surface area contributed by atoms with Gasteiger partial charge in [-0.1, -0.05) is 22.0 Å². The fourth-order valence-electron chi connectivity index (χ4n) is 1.76. The Morgan fingerprint density at radius 2 is 2.10 bits per heavy atom. The van der Waals surface area contributed by atoms with Crippen molar-refractivity contribution in [3.8, 4) is 6.01 Å². The number of benzene rings is 1. The maximum atomic E-state index is 13.9. The van der Waals surface area contributed by atoms with E-state index in [4.69, 9.17) is 16.3 Å². The molecular weight excluding hydrogens is 341 g/mol. The molecule has 0 aliphatic rings. The lowest BCUT2D eigenvalue weighted by Crippen LogP contribution is -2.32. The van der Waals surface area contributed by atoms with Gasteiger partial charge in [-0.3, -0.25) is 5.01 Å². The van der Waals surface area contributed by atoms with E-state index in [1.165, 1.54) is 18.2 Å². The number of rotatable bonds is 4. The largest absolute Gasteiger partial charge is 0.467 e. The number of hydrogen-bond acceptors (Lipinski definition) is 6. The third kappa shape index (κ3) is 3.40. The van der Waals surface area contributed by atoms with Crippen LogP contribution in [0.4, 0.5) is 15.9 Å². The van der Waals surface area contributed by atoms with Crippen molar-refractivity contribution in [3.05, 3.63) is 39.7 Å². The third-order valence-electron chi connectivity index (χ3n) is 2.91. The highest BCUT2D eigenvalue weighted by molar-refractivity contribution is 9.10. The van der Waals surface area contributed by atoms with Crippen LogP contribution in [0, 0.1) is 12.7 Å². The summed E-state index contributed by atoms with van der Waals surface area (Å²) in [5.41, 5.74) is 7.22. The molecule has 0 amide bonds. The van der Waals surface area contributed by atoms with E-state index in [1.54, 1.807) is 19.1 Å². The van der Waals surface area contributed by atoms with E-state index in [0.717, 1.165) is 0 Å². The lowest BCUT2D eigenvalue weighted by atomic mass is 10.2. The highest BCUT2D eigenvalue weighted by Crippen LogP contribution is 2.25. The predicted molar refractivity (Wildman–Crippen MR) is 82.2 cm³/mol. The minimum atomic E-state index is -0.365. The smallest absolute Gasteiger partial charge is 0.318 e. The first-order valence-electron chi connectivity index (χ1n) is 6.06. The third-order valence-corrected chi connectivity index (χ3v) is 3.40. The molecule has 0 bridgehead atoms. The Hall–Kier alpha value is -1.93. The Kier molecular flexibility index (Phi) is 4.59. The van der Waals surface area contributed by atoms with Gasteiger partial charge in [0.1, 0.15) is 5.82 Å². The number of nitrogen functional groups attached to an aromatic ring is 1. The number of hydrazine groups is 1. The molecule has 2 rings (SSSR count). The molecule has 1 aromatic carbocycles. The lowest BCUT2D eigenvalue weighted by molar-refractivity contribution is 0.379. The summed E-state index contributed by atoms with van der Waals surface area (Å²) in [6.07, 6.45) is 0. The van der Waals surface area contributed by atoms with Gasteiger partial charge in [-0.15, -0.1) is 0 Å². The molecule has 2 aromatic rings. The molecule has 0 unspecified atom stereocenters. The standard InChI is InChI=1S/C13H15BrFN5O/c1-7-11(16)12(19-13(18-7)21-2)20(17)6-8-3-4-9(14)5-10(8)15/h3-5H,6,16-17H2,1-2H3. The number of nitrogens with two attached hydrogens (primary N) is 2. The summed E-state index contributed by atoms with van der Waals surface area (Å²) in [5, 5.41) is 1.26. The van der Waals surface area contributed by atoms with Crippen molar-refractivity contribution in [2.75, 3.05) is 17.9 Å². The first-order chi connectivity index (χ1) is 9.92. The van der Waals surface area contributed by atoms with Crippen LogP contribution in [0.5, 0.6) is 6.01 Å². The molecule has 8 heteroatoms. The van der Waals surface area contributed by atoms with Gasteiger partial charge in [-0.2, -0.15) is 9.97 Å². The number of nitrogens with zero attached hydrogens (tertiary/aromatic N) is 3. The molecule has 1 aromatic heterocycles. The highest BCUT2D eigenvalue weighted by atomic mass is 79.9. The molecule has 0 atom stereocenters. The Balaban J connectivity index is 2.31. The van der Waals surface area contributed by atoms with Crippen molar-refractivity contribution >= 4 is 27.4 Å². The summed E-state index contributed by atoms with van der Waals surface area (Å²) in [6.45, 7) is 1.83. The fraction of sp³-hybridized carbons (Fsp3) is 0.231. The van der Waals surface area contributed by atoms with Crippen LogP contribution in [0.1, 0.15) is 11.3 Å². The molecular formula is C13H15BrFN5O. The second kappa shape index (κ2) is 6.23. The van der Waals surface area contributed by atoms with Crippen LogP contribution in [0.15, 0.2) is 22.7 Å². The molecule has 6 nitrogen and oxygen atoms in total. The zero-order chi connectivity index (χ0) is 15.6. The average Bonchev–Trinajstić information content (AvgIpc) is 2.44. The van der Waals surface area contributed by atoms with E-state index in [1.807, 2.05) is 0 Å². The molecule has 0 radical (unpaired) electrons. The minimum Gasteiger partial charge on any atom is -0.467 e. The van der Waals surface area contributed by atoms with Gasteiger partial charge in [-0.05, 0) is 19.1 Å². The number of anilines is 2. The van der Waals surface area contributed by atoms with Crippen molar-refractivity contribution in [1.82, 2.24) is 9.97 Å². The monoisotopic (exact) mass is 355 g/mol. The van der Waals surface area contributed by atoms with Crippen molar-refractivity contribution in [2.24, 2.45) is 5.84 Å². The molecule has 112 valence electrons. The summed E-state index contributed by atoms with van der Waals surface area (Å²) < 4.78 is 19.5. The quantitative estimate of drug-likeness (QED) is 0.645. The molecule has 0 spiro atoms. The Bertz CT molecular complexity index is 667. The number of methoxy groups -OCH3 is 1. The maximum absolute atomic E-state index is 13.9. The highest BCUT2D eigenvalue weighted by Gasteiger charge is 2.15. The zero-order valence-electron chi connectivity index (χ0n) is 11.6. The average molecular weight is 356 g/mol. The van der Waals surface area contributed by atoms with Crippen molar-refractivity contribution < 1.29 is 9.13 Å². The van der Waals surface area contributed by atoms with Crippen molar-refractivity contribution in [3.63, 3.8) is 0 Å². The molecule has 0 saturated carbocycles. The first kappa shape index (κ1) is 15.5.